The quantitative estimate of drug-likeness (QED) is 0.688. The number of anilines is 1. The van der Waals surface area contributed by atoms with Gasteiger partial charge in [0.1, 0.15) is 6.61 Å². The molecule has 3 aliphatic rings. The van der Waals surface area contributed by atoms with Gasteiger partial charge in [-0.3, -0.25) is 4.90 Å². The fraction of sp³-hybridized carbons (Fsp3) is 0.458. The van der Waals surface area contributed by atoms with E-state index in [1.165, 1.54) is 24.0 Å². The SMILES string of the molecule is Cc1ccc2c(c1)C1(CCN(C3CC3)CC1)CN2C(=O)OCc1ccccc1Cl. The zero-order chi connectivity index (χ0) is 20.0. The minimum atomic E-state index is -0.281. The molecule has 2 aromatic rings. The van der Waals surface area contributed by atoms with Gasteiger partial charge in [-0.2, -0.15) is 0 Å². The second-order valence-corrected chi connectivity index (χ2v) is 9.21. The zero-order valence-corrected chi connectivity index (χ0v) is 17.6. The molecule has 1 saturated carbocycles. The number of amides is 1. The van der Waals surface area contributed by atoms with Crippen LogP contribution in [0.4, 0.5) is 10.5 Å². The molecule has 0 unspecified atom stereocenters. The molecule has 0 atom stereocenters. The van der Waals surface area contributed by atoms with Gasteiger partial charge in [0.15, 0.2) is 0 Å². The van der Waals surface area contributed by atoms with Gasteiger partial charge >= 0.3 is 6.09 Å². The number of piperidine rings is 1. The van der Waals surface area contributed by atoms with Crippen LogP contribution in [0.3, 0.4) is 0 Å². The first-order valence-electron chi connectivity index (χ1n) is 10.6. The highest BCUT2D eigenvalue weighted by atomic mass is 35.5. The van der Waals surface area contributed by atoms with Crippen molar-refractivity contribution in [2.45, 2.75) is 50.7 Å². The Morgan fingerprint density at radius 2 is 1.93 bits per heavy atom. The maximum absolute atomic E-state index is 13.0. The first-order valence-corrected chi connectivity index (χ1v) is 11.0. The number of ether oxygens (including phenoxy) is 1. The van der Waals surface area contributed by atoms with Gasteiger partial charge in [-0.05, 0) is 63.4 Å². The van der Waals surface area contributed by atoms with Gasteiger partial charge in [0.2, 0.25) is 0 Å². The first kappa shape index (κ1) is 19.0. The van der Waals surface area contributed by atoms with Crippen molar-refractivity contribution in [1.29, 1.82) is 0 Å². The number of hydrogen-bond acceptors (Lipinski definition) is 3. The Morgan fingerprint density at radius 1 is 1.17 bits per heavy atom. The summed E-state index contributed by atoms with van der Waals surface area (Å²) in [6, 6.07) is 14.8. The smallest absolute Gasteiger partial charge is 0.414 e. The molecule has 4 nitrogen and oxygen atoms in total. The summed E-state index contributed by atoms with van der Waals surface area (Å²) in [5, 5.41) is 0.627. The molecule has 29 heavy (non-hydrogen) atoms. The lowest BCUT2D eigenvalue weighted by molar-refractivity contribution is 0.139. The van der Waals surface area contributed by atoms with E-state index in [1.54, 1.807) is 0 Å². The van der Waals surface area contributed by atoms with E-state index < -0.39 is 0 Å². The number of benzene rings is 2. The standard InChI is InChI=1S/C24H27ClN2O2/c1-17-6-9-22-20(14-17)24(10-12-26(13-11-24)19-7-8-19)16-27(22)23(28)29-15-18-4-2-3-5-21(18)25/h2-6,9,14,19H,7-8,10-13,15-16H2,1H3. The minimum Gasteiger partial charge on any atom is -0.444 e. The summed E-state index contributed by atoms with van der Waals surface area (Å²) in [5.74, 6) is 0. The number of carbonyl (C=O) groups excluding carboxylic acids is 1. The van der Waals surface area contributed by atoms with Crippen LogP contribution in [0.25, 0.3) is 0 Å². The molecule has 0 aromatic heterocycles. The van der Waals surface area contributed by atoms with Gasteiger partial charge in [0.25, 0.3) is 0 Å². The molecule has 2 aliphatic heterocycles. The maximum Gasteiger partial charge on any atom is 0.414 e. The third kappa shape index (κ3) is 3.53. The van der Waals surface area contributed by atoms with Crippen LogP contribution in [0.15, 0.2) is 42.5 Å². The zero-order valence-electron chi connectivity index (χ0n) is 16.9. The van der Waals surface area contributed by atoms with Crippen LogP contribution in [-0.2, 0) is 16.8 Å². The number of aryl methyl sites for hydroxylation is 1. The van der Waals surface area contributed by atoms with E-state index in [-0.39, 0.29) is 18.1 Å². The summed E-state index contributed by atoms with van der Waals surface area (Å²) < 4.78 is 5.68. The van der Waals surface area contributed by atoms with Gasteiger partial charge in [0.05, 0.1) is 5.69 Å². The van der Waals surface area contributed by atoms with E-state index in [2.05, 4.69) is 30.0 Å². The van der Waals surface area contributed by atoms with E-state index >= 15 is 0 Å². The molecular weight excluding hydrogens is 384 g/mol. The predicted molar refractivity (Wildman–Crippen MR) is 116 cm³/mol. The van der Waals surface area contributed by atoms with Crippen molar-refractivity contribution >= 4 is 23.4 Å². The second kappa shape index (κ2) is 7.33. The molecule has 2 fully saturated rings. The molecule has 0 radical (unpaired) electrons. The van der Waals surface area contributed by atoms with Crippen LogP contribution in [-0.4, -0.2) is 36.7 Å². The molecule has 0 bridgehead atoms. The van der Waals surface area contributed by atoms with Gasteiger partial charge in [-0.1, -0.05) is 47.5 Å². The molecule has 5 heteroatoms. The fourth-order valence-corrected chi connectivity index (χ4v) is 5.15. The van der Waals surface area contributed by atoms with Crippen LogP contribution in [0.2, 0.25) is 5.02 Å². The molecule has 2 aromatic carbocycles. The Balaban J connectivity index is 1.36. The van der Waals surface area contributed by atoms with E-state index in [0.29, 0.717) is 11.6 Å². The Hall–Kier alpha value is -2.04. The molecule has 1 aliphatic carbocycles. The van der Waals surface area contributed by atoms with Crippen LogP contribution >= 0.6 is 11.6 Å². The average Bonchev–Trinajstić information content (AvgIpc) is 3.53. The van der Waals surface area contributed by atoms with E-state index in [0.717, 1.165) is 43.2 Å². The molecule has 0 N–H and O–H groups in total. The molecular formula is C24H27ClN2O2. The van der Waals surface area contributed by atoms with Crippen molar-refractivity contribution < 1.29 is 9.53 Å². The summed E-state index contributed by atoms with van der Waals surface area (Å²) in [5.41, 5.74) is 4.47. The van der Waals surface area contributed by atoms with Crippen LogP contribution < -0.4 is 4.90 Å². The van der Waals surface area contributed by atoms with Crippen molar-refractivity contribution in [3.8, 4) is 0 Å². The van der Waals surface area contributed by atoms with Crippen molar-refractivity contribution in [2.75, 3.05) is 24.5 Å². The van der Waals surface area contributed by atoms with Crippen molar-refractivity contribution in [2.24, 2.45) is 0 Å². The number of rotatable bonds is 3. The normalized spacial score (nSPS) is 20.7. The van der Waals surface area contributed by atoms with Crippen molar-refractivity contribution in [3.05, 3.63) is 64.2 Å². The van der Waals surface area contributed by atoms with Crippen molar-refractivity contribution in [3.63, 3.8) is 0 Å². The summed E-state index contributed by atoms with van der Waals surface area (Å²) in [4.78, 5) is 17.5. The van der Waals surface area contributed by atoms with Crippen LogP contribution in [0, 0.1) is 6.92 Å². The summed E-state index contributed by atoms with van der Waals surface area (Å²) in [6.07, 6.45) is 4.63. The number of fused-ring (bicyclic) bond motifs is 2. The molecule has 152 valence electrons. The third-order valence-corrected chi connectivity index (χ3v) is 7.19. The first-order chi connectivity index (χ1) is 14.1. The topological polar surface area (TPSA) is 32.8 Å². The molecule has 2 heterocycles. The lowest BCUT2D eigenvalue weighted by Gasteiger charge is -2.40. The Bertz CT molecular complexity index is 932. The van der Waals surface area contributed by atoms with Gasteiger partial charge < -0.3 is 9.64 Å². The van der Waals surface area contributed by atoms with Gasteiger partial charge in [0, 0.05) is 28.6 Å². The molecule has 1 saturated heterocycles. The average molecular weight is 411 g/mol. The Labute approximate surface area is 177 Å². The van der Waals surface area contributed by atoms with Crippen molar-refractivity contribution in [1.82, 2.24) is 4.90 Å². The lowest BCUT2D eigenvalue weighted by Crippen LogP contribution is -2.46. The number of halogens is 1. The molecule has 1 spiro atoms. The highest BCUT2D eigenvalue weighted by Crippen LogP contribution is 2.48. The number of carbonyl (C=O) groups is 1. The number of hydrogen-bond donors (Lipinski definition) is 0. The molecule has 5 rings (SSSR count). The largest absolute Gasteiger partial charge is 0.444 e. The third-order valence-electron chi connectivity index (χ3n) is 6.82. The Kier molecular flexibility index (Phi) is 4.79. The van der Waals surface area contributed by atoms with E-state index in [9.17, 15) is 4.79 Å². The Morgan fingerprint density at radius 3 is 2.66 bits per heavy atom. The lowest BCUT2D eigenvalue weighted by atomic mass is 9.74. The number of likely N-dealkylation sites (tertiary alicyclic amines) is 1. The van der Waals surface area contributed by atoms with Gasteiger partial charge in [-0.25, -0.2) is 4.79 Å². The van der Waals surface area contributed by atoms with E-state index in [1.807, 2.05) is 29.2 Å². The molecule has 1 amide bonds. The highest BCUT2D eigenvalue weighted by molar-refractivity contribution is 6.31. The van der Waals surface area contributed by atoms with Crippen LogP contribution in [0.5, 0.6) is 0 Å². The van der Waals surface area contributed by atoms with Gasteiger partial charge in [-0.15, -0.1) is 0 Å². The predicted octanol–water partition coefficient (Wildman–Crippen LogP) is 5.30. The second-order valence-electron chi connectivity index (χ2n) is 8.80. The highest BCUT2D eigenvalue weighted by Gasteiger charge is 2.48. The van der Waals surface area contributed by atoms with E-state index in [4.69, 9.17) is 16.3 Å². The maximum atomic E-state index is 13.0. The van der Waals surface area contributed by atoms with Crippen LogP contribution in [0.1, 0.15) is 42.4 Å². The summed E-state index contributed by atoms with van der Waals surface area (Å²) in [6.45, 7) is 5.29. The monoisotopic (exact) mass is 410 g/mol. The fourth-order valence-electron chi connectivity index (χ4n) is 4.96. The number of nitrogens with zero attached hydrogens (tertiary/aromatic N) is 2. The summed E-state index contributed by atoms with van der Waals surface area (Å²) >= 11 is 6.22. The summed E-state index contributed by atoms with van der Waals surface area (Å²) in [7, 11) is 0. The minimum absolute atomic E-state index is 0.0517.